The number of benzene rings is 1. The lowest BCUT2D eigenvalue weighted by atomic mass is 10.0. The van der Waals surface area contributed by atoms with Crippen LogP contribution in [0.3, 0.4) is 0 Å². The number of carbonyl (C=O) groups excluding carboxylic acids is 1. The number of anilines is 1. The molecule has 1 aromatic carbocycles. The quantitative estimate of drug-likeness (QED) is 0.926. The van der Waals surface area contributed by atoms with E-state index in [1.807, 2.05) is 37.3 Å². The van der Waals surface area contributed by atoms with Crippen LogP contribution in [0.2, 0.25) is 0 Å². The highest BCUT2D eigenvalue weighted by atomic mass is 16.2. The van der Waals surface area contributed by atoms with Crippen LogP contribution in [0, 0.1) is 6.92 Å². The highest BCUT2D eigenvalue weighted by molar-refractivity contribution is 5.90. The maximum Gasteiger partial charge on any atom is 0.322 e. The predicted octanol–water partition coefficient (Wildman–Crippen LogP) is 3.11. The molecule has 0 aliphatic carbocycles. The van der Waals surface area contributed by atoms with E-state index in [4.69, 9.17) is 0 Å². The van der Waals surface area contributed by atoms with Gasteiger partial charge in [0.25, 0.3) is 0 Å². The number of hydrogen-bond donors (Lipinski definition) is 1. The second-order valence-electron chi connectivity index (χ2n) is 5.21. The zero-order valence-corrected chi connectivity index (χ0v) is 12.5. The molecule has 0 unspecified atom stereocenters. The molecule has 5 nitrogen and oxygen atoms in total. The summed E-state index contributed by atoms with van der Waals surface area (Å²) in [6.07, 6.45) is 6.26. The number of aromatic nitrogens is 2. The average molecular weight is 294 g/mol. The standard InChI is InChI=1S/C17H18N4O/c1-13-16(19-10-9-18-13)14-7-11-21(12-8-14)17(22)20-15-5-3-2-4-6-15/h2-7,9-10H,8,11-12H2,1H3,(H,20,22). The van der Waals surface area contributed by atoms with Crippen molar-refractivity contribution < 1.29 is 4.79 Å². The van der Waals surface area contributed by atoms with Crippen molar-refractivity contribution >= 4 is 17.3 Å². The molecule has 1 N–H and O–H groups in total. The van der Waals surface area contributed by atoms with E-state index >= 15 is 0 Å². The van der Waals surface area contributed by atoms with Gasteiger partial charge in [0, 0.05) is 31.2 Å². The summed E-state index contributed by atoms with van der Waals surface area (Å²) in [5.41, 5.74) is 3.84. The van der Waals surface area contributed by atoms with E-state index in [1.54, 1.807) is 17.3 Å². The van der Waals surface area contributed by atoms with Crippen molar-refractivity contribution in [3.05, 3.63) is 60.2 Å². The van der Waals surface area contributed by atoms with Crippen molar-refractivity contribution in [3.8, 4) is 0 Å². The molecule has 112 valence electrons. The van der Waals surface area contributed by atoms with Gasteiger partial charge in [0.1, 0.15) is 0 Å². The third-order valence-electron chi connectivity index (χ3n) is 3.71. The van der Waals surface area contributed by atoms with Crippen molar-refractivity contribution in [1.29, 1.82) is 0 Å². The van der Waals surface area contributed by atoms with Gasteiger partial charge in [-0.25, -0.2) is 4.79 Å². The van der Waals surface area contributed by atoms with Crippen molar-refractivity contribution in [2.45, 2.75) is 13.3 Å². The molecule has 1 aliphatic heterocycles. The summed E-state index contributed by atoms with van der Waals surface area (Å²) in [5, 5.41) is 2.91. The Morgan fingerprint density at radius 3 is 2.64 bits per heavy atom. The number of urea groups is 1. The Balaban J connectivity index is 1.66. The largest absolute Gasteiger partial charge is 0.322 e. The van der Waals surface area contributed by atoms with Crippen LogP contribution in [0.1, 0.15) is 17.8 Å². The van der Waals surface area contributed by atoms with Crippen molar-refractivity contribution in [1.82, 2.24) is 14.9 Å². The van der Waals surface area contributed by atoms with E-state index in [-0.39, 0.29) is 6.03 Å². The molecule has 1 aliphatic rings. The van der Waals surface area contributed by atoms with Gasteiger partial charge < -0.3 is 10.2 Å². The van der Waals surface area contributed by atoms with Gasteiger partial charge in [-0.2, -0.15) is 0 Å². The Hall–Kier alpha value is -2.69. The Labute approximate surface area is 129 Å². The second-order valence-corrected chi connectivity index (χ2v) is 5.21. The lowest BCUT2D eigenvalue weighted by molar-refractivity contribution is 0.217. The van der Waals surface area contributed by atoms with Crippen LogP contribution >= 0.6 is 0 Å². The number of rotatable bonds is 2. The van der Waals surface area contributed by atoms with E-state index in [0.717, 1.165) is 29.1 Å². The van der Waals surface area contributed by atoms with Crippen LogP contribution < -0.4 is 5.32 Å². The molecule has 0 fully saturated rings. The van der Waals surface area contributed by atoms with Crippen molar-refractivity contribution in [2.24, 2.45) is 0 Å². The fraction of sp³-hybridized carbons (Fsp3) is 0.235. The molecule has 3 rings (SSSR count). The number of nitrogens with zero attached hydrogens (tertiary/aromatic N) is 3. The average Bonchev–Trinajstić information content (AvgIpc) is 2.56. The predicted molar refractivity (Wildman–Crippen MR) is 86.4 cm³/mol. The fourth-order valence-corrected chi connectivity index (χ4v) is 2.52. The summed E-state index contributed by atoms with van der Waals surface area (Å²) < 4.78 is 0. The van der Waals surface area contributed by atoms with Gasteiger partial charge >= 0.3 is 6.03 Å². The van der Waals surface area contributed by atoms with Gasteiger partial charge in [0.2, 0.25) is 0 Å². The molecule has 22 heavy (non-hydrogen) atoms. The normalized spacial score (nSPS) is 14.4. The third kappa shape index (κ3) is 3.14. The van der Waals surface area contributed by atoms with Crippen LogP contribution in [0.5, 0.6) is 0 Å². The zero-order valence-electron chi connectivity index (χ0n) is 12.5. The van der Waals surface area contributed by atoms with Gasteiger partial charge in [-0.1, -0.05) is 24.3 Å². The number of aryl methyl sites for hydroxylation is 1. The van der Waals surface area contributed by atoms with Crippen LogP contribution in [-0.4, -0.2) is 34.0 Å². The summed E-state index contributed by atoms with van der Waals surface area (Å²) in [6.45, 7) is 3.22. The van der Waals surface area contributed by atoms with Gasteiger partial charge in [-0.3, -0.25) is 9.97 Å². The number of hydrogen-bond acceptors (Lipinski definition) is 3. The molecular weight excluding hydrogens is 276 g/mol. The Morgan fingerprint density at radius 2 is 1.95 bits per heavy atom. The molecule has 5 heteroatoms. The minimum atomic E-state index is -0.0719. The van der Waals surface area contributed by atoms with E-state index in [1.165, 1.54) is 0 Å². The van der Waals surface area contributed by atoms with Crippen LogP contribution in [0.15, 0.2) is 48.8 Å². The molecule has 0 atom stereocenters. The van der Waals surface area contributed by atoms with Crippen molar-refractivity contribution in [2.75, 3.05) is 18.4 Å². The first kappa shape index (κ1) is 14.3. The van der Waals surface area contributed by atoms with E-state index < -0.39 is 0 Å². The van der Waals surface area contributed by atoms with E-state index in [9.17, 15) is 4.79 Å². The Kier molecular flexibility index (Phi) is 4.14. The number of carbonyl (C=O) groups is 1. The molecule has 0 saturated heterocycles. The lowest BCUT2D eigenvalue weighted by Gasteiger charge is -2.26. The summed E-state index contributed by atoms with van der Waals surface area (Å²) in [7, 11) is 0. The smallest absolute Gasteiger partial charge is 0.320 e. The molecule has 2 aromatic rings. The van der Waals surface area contributed by atoms with Gasteiger partial charge in [0.05, 0.1) is 11.4 Å². The highest BCUT2D eigenvalue weighted by Crippen LogP contribution is 2.22. The van der Waals surface area contributed by atoms with Crippen LogP contribution in [0.4, 0.5) is 10.5 Å². The maximum atomic E-state index is 12.2. The first-order valence-corrected chi connectivity index (χ1v) is 7.32. The number of nitrogens with one attached hydrogen (secondary N) is 1. The van der Waals surface area contributed by atoms with Crippen molar-refractivity contribution in [3.63, 3.8) is 0 Å². The summed E-state index contributed by atoms with van der Waals surface area (Å²) in [5.74, 6) is 0. The molecular formula is C17H18N4O. The Morgan fingerprint density at radius 1 is 1.18 bits per heavy atom. The highest BCUT2D eigenvalue weighted by Gasteiger charge is 2.19. The monoisotopic (exact) mass is 294 g/mol. The molecule has 0 saturated carbocycles. The molecule has 2 amide bonds. The second kappa shape index (κ2) is 6.39. The fourth-order valence-electron chi connectivity index (χ4n) is 2.52. The number of amides is 2. The van der Waals surface area contributed by atoms with Gasteiger partial charge in [0.15, 0.2) is 0 Å². The first-order chi connectivity index (χ1) is 10.7. The molecule has 0 radical (unpaired) electrons. The van der Waals surface area contributed by atoms with E-state index in [0.29, 0.717) is 13.1 Å². The minimum absolute atomic E-state index is 0.0719. The molecule has 1 aromatic heterocycles. The van der Waals surface area contributed by atoms with Gasteiger partial charge in [-0.05, 0) is 31.1 Å². The minimum Gasteiger partial charge on any atom is -0.320 e. The van der Waals surface area contributed by atoms with Crippen LogP contribution in [0.25, 0.3) is 5.57 Å². The maximum absolute atomic E-state index is 12.2. The SMILES string of the molecule is Cc1nccnc1C1=CCN(C(=O)Nc2ccccc2)CC1. The van der Waals surface area contributed by atoms with E-state index in [2.05, 4.69) is 21.4 Å². The molecule has 0 bridgehead atoms. The summed E-state index contributed by atoms with van der Waals surface area (Å²) in [4.78, 5) is 22.7. The molecule has 0 spiro atoms. The molecule has 2 heterocycles. The van der Waals surface area contributed by atoms with Crippen LogP contribution in [-0.2, 0) is 0 Å². The topological polar surface area (TPSA) is 58.1 Å². The Bertz CT molecular complexity index is 697. The lowest BCUT2D eigenvalue weighted by Crippen LogP contribution is -2.38. The van der Waals surface area contributed by atoms with Gasteiger partial charge in [-0.15, -0.1) is 0 Å². The zero-order chi connectivity index (χ0) is 15.4. The third-order valence-corrected chi connectivity index (χ3v) is 3.71. The number of para-hydroxylation sites is 1. The summed E-state index contributed by atoms with van der Waals surface area (Å²) in [6, 6.07) is 9.42. The first-order valence-electron chi connectivity index (χ1n) is 7.32. The summed E-state index contributed by atoms with van der Waals surface area (Å²) >= 11 is 0.